The maximum atomic E-state index is 14.1. The number of halogens is 2. The van der Waals surface area contributed by atoms with Gasteiger partial charge in [-0.05, 0) is 54.2 Å². The highest BCUT2D eigenvalue weighted by Crippen LogP contribution is 2.52. The molecular formula is C28H33Cl2NO4. The molecule has 188 valence electrons. The van der Waals surface area contributed by atoms with Crippen LogP contribution in [0.1, 0.15) is 76.5 Å². The molecule has 2 aromatic carbocycles. The molecule has 0 bridgehead atoms. The van der Waals surface area contributed by atoms with E-state index in [4.69, 9.17) is 23.2 Å². The predicted octanol–water partition coefficient (Wildman–Crippen LogP) is 6.93. The van der Waals surface area contributed by atoms with Gasteiger partial charge in [0.25, 0.3) is 0 Å². The Bertz CT molecular complexity index is 1080. The van der Waals surface area contributed by atoms with Gasteiger partial charge in [0.05, 0.1) is 23.9 Å². The molecule has 5 nitrogen and oxygen atoms in total. The van der Waals surface area contributed by atoms with E-state index in [0.29, 0.717) is 29.3 Å². The van der Waals surface area contributed by atoms with Crippen LogP contribution in [0.15, 0.2) is 48.5 Å². The summed E-state index contributed by atoms with van der Waals surface area (Å²) in [7, 11) is 0. The zero-order valence-corrected chi connectivity index (χ0v) is 22.1. The van der Waals surface area contributed by atoms with E-state index < -0.39 is 23.5 Å². The molecule has 7 heteroatoms. The average Bonchev–Trinajstić information content (AvgIpc) is 2.77. The molecule has 0 aromatic heterocycles. The first-order valence-corrected chi connectivity index (χ1v) is 12.8. The number of Topliss-reactive ketones (excluding diaryl/α,β-unsaturated/α-hetero) is 1. The van der Waals surface area contributed by atoms with Crippen LogP contribution in [-0.2, 0) is 14.4 Å². The second-order valence-electron chi connectivity index (χ2n) is 10.2. The summed E-state index contributed by atoms with van der Waals surface area (Å²) in [6.07, 6.45) is 0.776. The molecule has 35 heavy (non-hydrogen) atoms. The normalized spacial score (nSPS) is 23.4. The maximum absolute atomic E-state index is 14.1. The lowest BCUT2D eigenvalue weighted by Crippen LogP contribution is -2.58. The minimum absolute atomic E-state index is 0.0146. The van der Waals surface area contributed by atoms with Crippen LogP contribution in [0.2, 0.25) is 10.0 Å². The van der Waals surface area contributed by atoms with Crippen LogP contribution in [0.4, 0.5) is 0 Å². The molecule has 0 spiro atoms. The van der Waals surface area contributed by atoms with E-state index in [1.54, 1.807) is 30.0 Å². The molecule has 2 aromatic rings. The fourth-order valence-electron chi connectivity index (χ4n) is 5.34. The Labute approximate surface area is 217 Å². The number of carbonyl (C=O) groups excluding carboxylic acids is 2. The molecule has 1 fully saturated rings. The number of carbonyl (C=O) groups is 3. The molecule has 1 amide bonds. The van der Waals surface area contributed by atoms with Gasteiger partial charge in [-0.3, -0.25) is 14.4 Å². The second kappa shape index (κ2) is 11.1. The Morgan fingerprint density at radius 1 is 1.09 bits per heavy atom. The molecule has 0 radical (unpaired) electrons. The third kappa shape index (κ3) is 6.07. The largest absolute Gasteiger partial charge is 0.481 e. The number of hydrogen-bond donors (Lipinski definition) is 1. The number of ketones is 1. The van der Waals surface area contributed by atoms with Crippen LogP contribution in [0.25, 0.3) is 0 Å². The smallest absolute Gasteiger partial charge is 0.304 e. The van der Waals surface area contributed by atoms with Crippen LogP contribution in [0.3, 0.4) is 0 Å². The van der Waals surface area contributed by atoms with Crippen molar-refractivity contribution in [2.45, 2.75) is 71.4 Å². The van der Waals surface area contributed by atoms with E-state index in [-0.39, 0.29) is 29.9 Å². The van der Waals surface area contributed by atoms with Crippen molar-refractivity contribution in [3.8, 4) is 0 Å². The highest BCUT2D eigenvalue weighted by atomic mass is 35.5. The van der Waals surface area contributed by atoms with Crippen molar-refractivity contribution in [1.29, 1.82) is 0 Å². The molecule has 1 aliphatic heterocycles. The number of amides is 1. The van der Waals surface area contributed by atoms with Gasteiger partial charge in [0, 0.05) is 22.4 Å². The van der Waals surface area contributed by atoms with Crippen molar-refractivity contribution >= 4 is 40.9 Å². The minimum atomic E-state index is -1.17. The molecule has 4 atom stereocenters. The Kier molecular flexibility index (Phi) is 8.66. The number of rotatable bonds is 9. The number of piperidine rings is 1. The van der Waals surface area contributed by atoms with E-state index >= 15 is 0 Å². The molecule has 1 heterocycles. The highest BCUT2D eigenvalue weighted by molar-refractivity contribution is 6.30. The van der Waals surface area contributed by atoms with Crippen molar-refractivity contribution in [1.82, 2.24) is 4.90 Å². The quantitative estimate of drug-likeness (QED) is 0.391. The van der Waals surface area contributed by atoms with Gasteiger partial charge < -0.3 is 10.0 Å². The minimum Gasteiger partial charge on any atom is -0.481 e. The van der Waals surface area contributed by atoms with E-state index in [1.807, 2.05) is 51.1 Å². The number of aliphatic carboxylic acids is 1. The van der Waals surface area contributed by atoms with E-state index in [9.17, 15) is 19.5 Å². The van der Waals surface area contributed by atoms with Gasteiger partial charge in [0.2, 0.25) is 5.91 Å². The van der Waals surface area contributed by atoms with Gasteiger partial charge in [0.15, 0.2) is 5.78 Å². The van der Waals surface area contributed by atoms with Crippen molar-refractivity contribution < 1.29 is 19.5 Å². The average molecular weight is 518 g/mol. The standard InChI is InChI=1S/C28H33Cl2NO4/c1-5-23(24(32)13-17(2)3)31-26(18-9-11-20(29)12-10-18)22(19-7-6-8-21(30)14-19)15-28(4,27(31)35)16-25(33)34/h6-12,14,17,22-23,26H,5,13,15-16H2,1-4H3,(H,33,34)/t22-,23?,26-,28-/m1/s1. The third-order valence-electron chi connectivity index (χ3n) is 6.84. The monoisotopic (exact) mass is 517 g/mol. The Balaban J connectivity index is 2.25. The SMILES string of the molecule is CCC(C(=O)CC(C)C)N1C(=O)[C@@](C)(CC(=O)O)C[C@H](c2cccc(Cl)c2)[C@H]1c1ccc(Cl)cc1. The molecule has 1 N–H and O–H groups in total. The molecule has 1 saturated heterocycles. The molecule has 0 saturated carbocycles. The highest BCUT2D eigenvalue weighted by Gasteiger charge is 2.53. The zero-order chi connectivity index (χ0) is 25.9. The van der Waals surface area contributed by atoms with Crippen molar-refractivity contribution in [2.24, 2.45) is 11.3 Å². The Hall–Kier alpha value is -2.37. The fourth-order valence-corrected chi connectivity index (χ4v) is 5.67. The van der Waals surface area contributed by atoms with Crippen LogP contribution < -0.4 is 0 Å². The van der Waals surface area contributed by atoms with Crippen LogP contribution in [-0.4, -0.2) is 33.7 Å². The lowest BCUT2D eigenvalue weighted by atomic mass is 9.66. The summed E-state index contributed by atoms with van der Waals surface area (Å²) in [6.45, 7) is 7.55. The van der Waals surface area contributed by atoms with Gasteiger partial charge in [-0.15, -0.1) is 0 Å². The first kappa shape index (κ1) is 27.2. The molecule has 3 rings (SSSR count). The summed E-state index contributed by atoms with van der Waals surface area (Å²) >= 11 is 12.5. The first-order chi connectivity index (χ1) is 16.5. The molecular weight excluding hydrogens is 485 g/mol. The maximum Gasteiger partial charge on any atom is 0.304 e. The van der Waals surface area contributed by atoms with Gasteiger partial charge in [-0.2, -0.15) is 0 Å². The summed E-state index contributed by atoms with van der Waals surface area (Å²) in [5, 5.41) is 10.8. The zero-order valence-electron chi connectivity index (χ0n) is 20.6. The van der Waals surface area contributed by atoms with Gasteiger partial charge in [-0.25, -0.2) is 0 Å². The first-order valence-electron chi connectivity index (χ1n) is 12.0. The fraction of sp³-hybridized carbons (Fsp3) is 0.464. The van der Waals surface area contributed by atoms with Gasteiger partial charge in [0.1, 0.15) is 0 Å². The number of carboxylic acid groups (broad SMARTS) is 1. The van der Waals surface area contributed by atoms with Crippen LogP contribution in [0, 0.1) is 11.3 Å². The van der Waals surface area contributed by atoms with E-state index in [1.165, 1.54) is 0 Å². The summed E-state index contributed by atoms with van der Waals surface area (Å²) in [5.41, 5.74) is 0.575. The van der Waals surface area contributed by atoms with Crippen molar-refractivity contribution in [2.75, 3.05) is 0 Å². The Morgan fingerprint density at radius 2 is 1.74 bits per heavy atom. The lowest BCUT2D eigenvalue weighted by Gasteiger charge is -2.51. The number of nitrogens with zero attached hydrogens (tertiary/aromatic N) is 1. The van der Waals surface area contributed by atoms with E-state index in [2.05, 4.69) is 0 Å². The molecule has 1 aliphatic rings. The van der Waals surface area contributed by atoms with Crippen LogP contribution >= 0.6 is 23.2 Å². The molecule has 0 aliphatic carbocycles. The van der Waals surface area contributed by atoms with Crippen molar-refractivity contribution in [3.05, 3.63) is 69.7 Å². The van der Waals surface area contributed by atoms with Gasteiger partial charge >= 0.3 is 5.97 Å². The van der Waals surface area contributed by atoms with E-state index in [0.717, 1.165) is 11.1 Å². The van der Waals surface area contributed by atoms with Crippen LogP contribution in [0.5, 0.6) is 0 Å². The summed E-state index contributed by atoms with van der Waals surface area (Å²) in [5.74, 6) is -1.49. The summed E-state index contributed by atoms with van der Waals surface area (Å²) in [4.78, 5) is 41.1. The second-order valence-corrected chi connectivity index (χ2v) is 11.1. The number of likely N-dealkylation sites (tertiary alicyclic amines) is 1. The Morgan fingerprint density at radius 3 is 2.29 bits per heavy atom. The summed E-state index contributed by atoms with van der Waals surface area (Å²) in [6, 6.07) is 13.6. The predicted molar refractivity (Wildman–Crippen MR) is 139 cm³/mol. The number of hydrogen-bond acceptors (Lipinski definition) is 3. The lowest BCUT2D eigenvalue weighted by molar-refractivity contribution is -0.162. The topological polar surface area (TPSA) is 74.7 Å². The van der Waals surface area contributed by atoms with Crippen molar-refractivity contribution in [3.63, 3.8) is 0 Å². The third-order valence-corrected chi connectivity index (χ3v) is 7.32. The van der Waals surface area contributed by atoms with Gasteiger partial charge in [-0.1, -0.05) is 75.2 Å². The number of benzene rings is 2. The number of carboxylic acids is 1. The molecule has 1 unspecified atom stereocenters. The summed E-state index contributed by atoms with van der Waals surface area (Å²) < 4.78 is 0.